The summed E-state index contributed by atoms with van der Waals surface area (Å²) in [5, 5.41) is 5.84. The van der Waals surface area contributed by atoms with Crippen LogP contribution in [0.3, 0.4) is 0 Å². The zero-order valence-electron chi connectivity index (χ0n) is 14.1. The lowest BCUT2D eigenvalue weighted by Crippen LogP contribution is -2.08. The number of halogens is 2. The average molecular weight is 397 g/mol. The molecule has 2 aromatic carbocycles. The minimum absolute atomic E-state index is 0.229. The molecule has 0 aliphatic rings. The quantitative estimate of drug-likeness (QED) is 0.546. The van der Waals surface area contributed by atoms with Crippen LogP contribution in [0.15, 0.2) is 59.5 Å². The summed E-state index contributed by atoms with van der Waals surface area (Å²) in [5.41, 5.74) is 2.12. The molecule has 0 aliphatic carbocycles. The third kappa shape index (κ3) is 3.94. The topological polar surface area (TPSA) is 63.6 Å². The Morgan fingerprint density at radius 1 is 1.04 bits per heavy atom. The molecule has 4 rings (SSSR count). The van der Waals surface area contributed by atoms with E-state index in [4.69, 9.17) is 23.2 Å². The molecule has 1 N–H and O–H groups in total. The number of hydrogen-bond acceptors (Lipinski definition) is 3. The number of aromatic nitrogens is 4. The molecule has 27 heavy (non-hydrogen) atoms. The molecule has 0 amide bonds. The van der Waals surface area contributed by atoms with Crippen molar-refractivity contribution in [3.05, 3.63) is 92.1 Å². The van der Waals surface area contributed by atoms with Crippen LogP contribution in [0.25, 0.3) is 23.2 Å². The molecule has 0 saturated carbocycles. The van der Waals surface area contributed by atoms with Crippen molar-refractivity contribution in [3.63, 3.8) is 0 Å². The van der Waals surface area contributed by atoms with Gasteiger partial charge < -0.3 is 4.98 Å². The highest BCUT2D eigenvalue weighted by atomic mass is 35.5. The maximum Gasteiger partial charge on any atom is 0.262 e. The molecule has 7 heteroatoms. The lowest BCUT2D eigenvalue weighted by molar-refractivity contribution is 0.693. The van der Waals surface area contributed by atoms with Crippen LogP contribution in [0.4, 0.5) is 0 Å². The molecule has 0 saturated heterocycles. The second kappa shape index (κ2) is 7.39. The van der Waals surface area contributed by atoms with E-state index in [0.29, 0.717) is 33.4 Å². The Morgan fingerprint density at radius 2 is 1.85 bits per heavy atom. The van der Waals surface area contributed by atoms with E-state index in [1.165, 1.54) is 0 Å². The first kappa shape index (κ1) is 17.5. The number of aromatic amines is 1. The first-order valence-electron chi connectivity index (χ1n) is 8.23. The van der Waals surface area contributed by atoms with Crippen LogP contribution in [0.2, 0.25) is 10.0 Å². The van der Waals surface area contributed by atoms with Crippen LogP contribution in [0.5, 0.6) is 0 Å². The number of nitrogens with zero attached hydrogens (tertiary/aromatic N) is 3. The van der Waals surface area contributed by atoms with Crippen molar-refractivity contribution >= 4 is 46.4 Å². The number of rotatable bonds is 4. The van der Waals surface area contributed by atoms with Crippen molar-refractivity contribution in [2.75, 3.05) is 0 Å². The maximum atomic E-state index is 12.4. The van der Waals surface area contributed by atoms with Crippen molar-refractivity contribution in [2.24, 2.45) is 0 Å². The molecule has 0 radical (unpaired) electrons. The van der Waals surface area contributed by atoms with Gasteiger partial charge in [0.25, 0.3) is 5.56 Å². The molecule has 0 fully saturated rings. The Balaban J connectivity index is 1.63. The predicted octanol–water partition coefficient (Wildman–Crippen LogP) is 4.65. The summed E-state index contributed by atoms with van der Waals surface area (Å²) < 4.78 is 1.72. The van der Waals surface area contributed by atoms with Gasteiger partial charge in [-0.05, 0) is 29.3 Å². The van der Waals surface area contributed by atoms with E-state index in [-0.39, 0.29) is 5.56 Å². The van der Waals surface area contributed by atoms with Crippen LogP contribution < -0.4 is 5.56 Å². The van der Waals surface area contributed by atoms with E-state index < -0.39 is 0 Å². The van der Waals surface area contributed by atoms with Crippen LogP contribution >= 0.6 is 23.2 Å². The summed E-state index contributed by atoms with van der Waals surface area (Å²) in [5.74, 6) is 0.420. The Labute approximate surface area is 164 Å². The fourth-order valence-corrected chi connectivity index (χ4v) is 3.01. The number of benzene rings is 2. The molecular formula is C20H14Cl2N4O. The fourth-order valence-electron chi connectivity index (χ4n) is 2.70. The largest absolute Gasteiger partial charge is 0.306 e. The second-order valence-corrected chi connectivity index (χ2v) is 6.82. The minimum atomic E-state index is -0.229. The number of nitrogens with one attached hydrogen (secondary N) is 1. The van der Waals surface area contributed by atoms with E-state index in [0.717, 1.165) is 11.1 Å². The van der Waals surface area contributed by atoms with Crippen LogP contribution in [-0.4, -0.2) is 19.7 Å². The standard InChI is InChI=1S/C20H14Cl2N4O/c21-16-8-6-13(10-17(16)22)7-9-18-23-19-15(20(27)24-18)12-26(25-19)11-14-4-2-1-3-5-14/h1-10,12H,11H2,(H,23,24,25,27)/b9-7+. The summed E-state index contributed by atoms with van der Waals surface area (Å²) in [6, 6.07) is 15.2. The molecule has 0 aliphatic heterocycles. The van der Waals surface area contributed by atoms with Gasteiger partial charge in [0.1, 0.15) is 11.2 Å². The van der Waals surface area contributed by atoms with Gasteiger partial charge in [0.2, 0.25) is 0 Å². The molecule has 0 unspecified atom stereocenters. The Kier molecular flexibility index (Phi) is 4.79. The highest BCUT2D eigenvalue weighted by Gasteiger charge is 2.08. The first-order valence-corrected chi connectivity index (χ1v) is 8.98. The molecule has 2 heterocycles. The first-order chi connectivity index (χ1) is 13.1. The lowest BCUT2D eigenvalue weighted by Gasteiger charge is -1.99. The average Bonchev–Trinajstić information content (AvgIpc) is 3.06. The van der Waals surface area contributed by atoms with Gasteiger partial charge in [-0.15, -0.1) is 0 Å². The zero-order chi connectivity index (χ0) is 18.8. The van der Waals surface area contributed by atoms with Crippen molar-refractivity contribution in [1.29, 1.82) is 0 Å². The zero-order valence-corrected chi connectivity index (χ0v) is 15.6. The van der Waals surface area contributed by atoms with Crippen molar-refractivity contribution in [2.45, 2.75) is 6.54 Å². The summed E-state index contributed by atoms with van der Waals surface area (Å²) in [7, 11) is 0. The number of hydrogen-bond donors (Lipinski definition) is 1. The fraction of sp³-hybridized carbons (Fsp3) is 0.0500. The molecule has 4 aromatic rings. The second-order valence-electron chi connectivity index (χ2n) is 6.01. The van der Waals surface area contributed by atoms with Gasteiger partial charge in [-0.2, -0.15) is 5.10 Å². The van der Waals surface area contributed by atoms with E-state index in [9.17, 15) is 4.79 Å². The molecule has 134 valence electrons. The minimum Gasteiger partial charge on any atom is -0.306 e. The van der Waals surface area contributed by atoms with E-state index in [1.807, 2.05) is 36.4 Å². The highest BCUT2D eigenvalue weighted by molar-refractivity contribution is 6.42. The van der Waals surface area contributed by atoms with E-state index >= 15 is 0 Å². The maximum absolute atomic E-state index is 12.4. The predicted molar refractivity (Wildman–Crippen MR) is 109 cm³/mol. The van der Waals surface area contributed by atoms with Gasteiger partial charge in [0.15, 0.2) is 5.65 Å². The molecule has 0 bridgehead atoms. The smallest absolute Gasteiger partial charge is 0.262 e. The van der Waals surface area contributed by atoms with Gasteiger partial charge in [0.05, 0.1) is 16.6 Å². The summed E-state index contributed by atoms with van der Waals surface area (Å²) in [6.07, 6.45) is 5.21. The Hall–Kier alpha value is -2.89. The number of H-pyrrole nitrogens is 1. The van der Waals surface area contributed by atoms with Crippen LogP contribution in [0.1, 0.15) is 17.0 Å². The molecule has 0 spiro atoms. The van der Waals surface area contributed by atoms with Crippen molar-refractivity contribution in [3.8, 4) is 0 Å². The molecule has 5 nitrogen and oxygen atoms in total. The summed E-state index contributed by atoms with van der Waals surface area (Å²) >= 11 is 11.9. The Morgan fingerprint density at radius 3 is 2.63 bits per heavy atom. The lowest BCUT2D eigenvalue weighted by atomic mass is 10.2. The van der Waals surface area contributed by atoms with Gasteiger partial charge in [0, 0.05) is 6.20 Å². The monoisotopic (exact) mass is 396 g/mol. The van der Waals surface area contributed by atoms with Crippen LogP contribution in [0, 0.1) is 0 Å². The van der Waals surface area contributed by atoms with Gasteiger partial charge in [-0.3, -0.25) is 9.48 Å². The van der Waals surface area contributed by atoms with E-state index in [2.05, 4.69) is 15.1 Å². The third-order valence-corrected chi connectivity index (χ3v) is 4.76. The van der Waals surface area contributed by atoms with E-state index in [1.54, 1.807) is 35.2 Å². The third-order valence-electron chi connectivity index (χ3n) is 4.02. The number of fused-ring (bicyclic) bond motifs is 1. The Bertz CT molecular complexity index is 1200. The molecule has 2 aromatic heterocycles. The normalized spacial score (nSPS) is 11.5. The molecular weight excluding hydrogens is 383 g/mol. The van der Waals surface area contributed by atoms with Crippen molar-refractivity contribution in [1.82, 2.24) is 19.7 Å². The van der Waals surface area contributed by atoms with Gasteiger partial charge in [-0.25, -0.2) is 4.98 Å². The summed E-state index contributed by atoms with van der Waals surface area (Å²) in [6.45, 7) is 0.574. The van der Waals surface area contributed by atoms with Gasteiger partial charge >= 0.3 is 0 Å². The highest BCUT2D eigenvalue weighted by Crippen LogP contribution is 2.23. The summed E-state index contributed by atoms with van der Waals surface area (Å²) in [4.78, 5) is 19.5. The van der Waals surface area contributed by atoms with Crippen molar-refractivity contribution < 1.29 is 0 Å². The SMILES string of the molecule is O=c1[nH]c(/C=C/c2ccc(Cl)c(Cl)c2)nc2nn(Cc3ccccc3)cc12. The molecule has 0 atom stereocenters. The van der Waals surface area contributed by atoms with Gasteiger partial charge in [-0.1, -0.05) is 65.7 Å². The van der Waals surface area contributed by atoms with Crippen LogP contribution in [-0.2, 0) is 6.54 Å².